The molecular weight excluding hydrogens is 424 g/mol. The second-order valence-corrected chi connectivity index (χ2v) is 10.7. The van der Waals surface area contributed by atoms with Crippen LogP contribution in [0.3, 0.4) is 0 Å². The molecule has 32 heavy (non-hydrogen) atoms. The number of ketones is 1. The van der Waals surface area contributed by atoms with Crippen molar-refractivity contribution in [2.75, 3.05) is 6.61 Å². The van der Waals surface area contributed by atoms with Gasteiger partial charge < -0.3 is 9.47 Å². The lowest BCUT2D eigenvalue weighted by atomic mass is 9.51. The van der Waals surface area contributed by atoms with E-state index in [-0.39, 0.29) is 24.1 Å². The molecular formula is C27H33ClO4. The molecule has 3 fully saturated rings. The second kappa shape index (κ2) is 8.85. The lowest BCUT2D eigenvalue weighted by Gasteiger charge is -2.54. The van der Waals surface area contributed by atoms with Crippen molar-refractivity contribution in [1.82, 2.24) is 0 Å². The molecule has 0 heterocycles. The Morgan fingerprint density at radius 3 is 2.66 bits per heavy atom. The van der Waals surface area contributed by atoms with Crippen molar-refractivity contribution in [2.45, 2.75) is 70.8 Å². The molecule has 0 bridgehead atoms. The molecule has 172 valence electrons. The van der Waals surface area contributed by atoms with Gasteiger partial charge in [-0.3, -0.25) is 4.79 Å². The summed E-state index contributed by atoms with van der Waals surface area (Å²) < 4.78 is 11.7. The Bertz CT molecular complexity index is 907. The summed E-state index contributed by atoms with van der Waals surface area (Å²) in [5.74, 6) is 3.31. The van der Waals surface area contributed by atoms with Gasteiger partial charge in [0, 0.05) is 16.9 Å². The first kappa shape index (κ1) is 22.0. The third-order valence-corrected chi connectivity index (χ3v) is 9.29. The number of carbonyl (C=O) groups excluding carboxylic acids is 2. The van der Waals surface area contributed by atoms with Crippen LogP contribution in [0.5, 0.6) is 5.75 Å². The molecule has 0 saturated heterocycles. The molecule has 0 spiro atoms. The summed E-state index contributed by atoms with van der Waals surface area (Å²) in [4.78, 5) is 24.6. The first-order valence-corrected chi connectivity index (χ1v) is 12.7. The van der Waals surface area contributed by atoms with E-state index in [1.165, 1.54) is 18.4 Å². The fourth-order valence-corrected chi connectivity index (χ4v) is 7.78. The molecule has 1 aromatic rings. The van der Waals surface area contributed by atoms with Crippen LogP contribution in [0.4, 0.5) is 0 Å². The van der Waals surface area contributed by atoms with Gasteiger partial charge in [0.05, 0.1) is 0 Å². The van der Waals surface area contributed by atoms with Crippen molar-refractivity contribution < 1.29 is 19.1 Å². The van der Waals surface area contributed by atoms with E-state index in [0.717, 1.165) is 44.9 Å². The maximum absolute atomic E-state index is 12.7. The molecule has 6 atom stereocenters. The molecule has 0 aromatic heterocycles. The Morgan fingerprint density at radius 1 is 1.06 bits per heavy atom. The summed E-state index contributed by atoms with van der Waals surface area (Å²) in [5.41, 5.74) is 1.52. The minimum atomic E-state index is -0.278. The lowest BCUT2D eigenvalue weighted by molar-refractivity contribution is -0.163. The van der Waals surface area contributed by atoms with Crippen LogP contribution < -0.4 is 4.74 Å². The van der Waals surface area contributed by atoms with Crippen LogP contribution in [0.25, 0.3) is 0 Å². The van der Waals surface area contributed by atoms with Crippen LogP contribution >= 0.6 is 11.6 Å². The monoisotopic (exact) mass is 456 g/mol. The zero-order chi connectivity index (χ0) is 22.3. The summed E-state index contributed by atoms with van der Waals surface area (Å²) in [6.07, 6.45) is 11.5. The molecule has 1 aromatic carbocycles. The average Bonchev–Trinajstić information content (AvgIpc) is 3.17. The Labute approximate surface area is 195 Å². The van der Waals surface area contributed by atoms with Crippen LogP contribution in [0.15, 0.2) is 35.9 Å². The number of esters is 1. The summed E-state index contributed by atoms with van der Waals surface area (Å²) in [7, 11) is 0. The zero-order valence-electron chi connectivity index (χ0n) is 18.9. The van der Waals surface area contributed by atoms with Gasteiger partial charge in [-0.1, -0.05) is 24.1 Å². The summed E-state index contributed by atoms with van der Waals surface area (Å²) in [6.45, 7) is 2.20. The number of halogens is 1. The first-order chi connectivity index (χ1) is 15.5. The normalized spacial score (nSPS) is 35.9. The molecule has 5 heteroatoms. The van der Waals surface area contributed by atoms with Crippen molar-refractivity contribution in [3.05, 3.63) is 40.9 Å². The lowest BCUT2D eigenvalue weighted by Crippen LogP contribution is -2.49. The molecule has 4 unspecified atom stereocenters. The van der Waals surface area contributed by atoms with Gasteiger partial charge in [0.15, 0.2) is 12.4 Å². The van der Waals surface area contributed by atoms with Crippen LogP contribution in [-0.4, -0.2) is 24.5 Å². The predicted octanol–water partition coefficient (Wildman–Crippen LogP) is 6.16. The maximum Gasteiger partial charge on any atom is 0.344 e. The van der Waals surface area contributed by atoms with Gasteiger partial charge in [-0.15, -0.1) is 0 Å². The fourth-order valence-electron chi connectivity index (χ4n) is 7.65. The minimum Gasteiger partial charge on any atom is -0.482 e. The van der Waals surface area contributed by atoms with Crippen molar-refractivity contribution in [1.29, 1.82) is 0 Å². The predicted molar refractivity (Wildman–Crippen MR) is 124 cm³/mol. The van der Waals surface area contributed by atoms with E-state index in [1.54, 1.807) is 24.3 Å². The number of benzene rings is 1. The zero-order valence-corrected chi connectivity index (χ0v) is 19.6. The SMILES string of the molecule is CC[C@]12CCC3C4CCC(=O)C=C4CCC3C1CC[C@@H]2OC(=O)COc1ccc(Cl)cc1. The van der Waals surface area contributed by atoms with Crippen molar-refractivity contribution in [3.63, 3.8) is 0 Å². The van der Waals surface area contributed by atoms with Gasteiger partial charge in [0.1, 0.15) is 11.9 Å². The Morgan fingerprint density at radius 2 is 1.88 bits per heavy atom. The average molecular weight is 457 g/mol. The van der Waals surface area contributed by atoms with Crippen LogP contribution in [0.1, 0.15) is 64.7 Å². The van der Waals surface area contributed by atoms with Crippen molar-refractivity contribution in [2.24, 2.45) is 29.1 Å². The number of fused-ring (bicyclic) bond motifs is 5. The van der Waals surface area contributed by atoms with E-state index in [0.29, 0.717) is 40.2 Å². The highest BCUT2D eigenvalue weighted by Gasteiger charge is 2.58. The molecule has 3 saturated carbocycles. The second-order valence-electron chi connectivity index (χ2n) is 10.2. The fraction of sp³-hybridized carbons (Fsp3) is 0.630. The number of allylic oxidation sites excluding steroid dienone is 1. The molecule has 5 rings (SSSR count). The maximum atomic E-state index is 12.7. The third kappa shape index (κ3) is 3.89. The minimum absolute atomic E-state index is 0.00959. The van der Waals surface area contributed by atoms with Gasteiger partial charge in [-0.2, -0.15) is 0 Å². The summed E-state index contributed by atoms with van der Waals surface area (Å²) >= 11 is 5.91. The molecule has 0 amide bonds. The Balaban J connectivity index is 1.25. The van der Waals surface area contributed by atoms with Gasteiger partial charge in [-0.05, 0) is 105 Å². The number of hydrogen-bond donors (Lipinski definition) is 0. The topological polar surface area (TPSA) is 52.6 Å². The van der Waals surface area contributed by atoms with E-state index in [2.05, 4.69) is 6.92 Å². The summed E-state index contributed by atoms with van der Waals surface area (Å²) in [6, 6.07) is 7.03. The third-order valence-electron chi connectivity index (χ3n) is 9.04. The number of rotatable bonds is 5. The standard InChI is InChI=1S/C27H33ClO4/c1-2-27-14-13-22-21-10-6-19(29)15-17(21)3-9-23(22)24(27)11-12-25(27)32-26(30)16-31-20-7-4-18(28)5-8-20/h4-5,7-8,15,21-25H,2-3,6,9-14,16H2,1H3/t21?,22?,23?,24?,25-,27-/m0/s1. The van der Waals surface area contributed by atoms with E-state index in [9.17, 15) is 9.59 Å². The first-order valence-electron chi connectivity index (χ1n) is 12.3. The van der Waals surface area contributed by atoms with Gasteiger partial charge in [-0.25, -0.2) is 4.79 Å². The van der Waals surface area contributed by atoms with E-state index in [4.69, 9.17) is 21.1 Å². The molecule has 0 N–H and O–H groups in total. The smallest absolute Gasteiger partial charge is 0.344 e. The van der Waals surface area contributed by atoms with E-state index < -0.39 is 0 Å². The van der Waals surface area contributed by atoms with E-state index in [1.807, 2.05) is 6.08 Å². The Hall–Kier alpha value is -1.81. The molecule has 0 aliphatic heterocycles. The Kier molecular flexibility index (Phi) is 6.09. The van der Waals surface area contributed by atoms with Gasteiger partial charge in [0.2, 0.25) is 0 Å². The highest BCUT2D eigenvalue weighted by Crippen LogP contribution is 2.63. The molecule has 4 aliphatic rings. The van der Waals surface area contributed by atoms with Gasteiger partial charge in [0.25, 0.3) is 0 Å². The quantitative estimate of drug-likeness (QED) is 0.497. The summed E-state index contributed by atoms with van der Waals surface area (Å²) in [5, 5.41) is 0.641. The number of hydrogen-bond acceptors (Lipinski definition) is 4. The van der Waals surface area contributed by atoms with Crippen molar-refractivity contribution in [3.8, 4) is 5.75 Å². The van der Waals surface area contributed by atoms with Crippen molar-refractivity contribution >= 4 is 23.4 Å². The highest BCUT2D eigenvalue weighted by molar-refractivity contribution is 6.30. The molecule has 4 nitrogen and oxygen atoms in total. The van der Waals surface area contributed by atoms with Gasteiger partial charge >= 0.3 is 5.97 Å². The molecule has 0 radical (unpaired) electrons. The number of carbonyl (C=O) groups is 2. The largest absolute Gasteiger partial charge is 0.482 e. The molecule has 4 aliphatic carbocycles. The van der Waals surface area contributed by atoms with Crippen LogP contribution in [0.2, 0.25) is 5.02 Å². The highest BCUT2D eigenvalue weighted by atomic mass is 35.5. The van der Waals surface area contributed by atoms with Crippen LogP contribution in [0, 0.1) is 29.1 Å². The van der Waals surface area contributed by atoms with Crippen LogP contribution in [-0.2, 0) is 14.3 Å². The van der Waals surface area contributed by atoms with E-state index >= 15 is 0 Å². The number of ether oxygens (including phenoxy) is 2.